The SMILES string of the molecule is Cc1ccc(CNC2CCSc3ccc(F)cc32)cc1C. The highest BCUT2D eigenvalue weighted by molar-refractivity contribution is 7.99. The Labute approximate surface area is 130 Å². The fourth-order valence-corrected chi connectivity index (χ4v) is 3.84. The van der Waals surface area contributed by atoms with Crippen molar-refractivity contribution in [2.75, 3.05) is 5.75 Å². The van der Waals surface area contributed by atoms with Gasteiger partial charge in [0.05, 0.1) is 0 Å². The van der Waals surface area contributed by atoms with Crippen molar-refractivity contribution in [3.63, 3.8) is 0 Å². The van der Waals surface area contributed by atoms with Crippen LogP contribution in [0.2, 0.25) is 0 Å². The summed E-state index contributed by atoms with van der Waals surface area (Å²) < 4.78 is 13.5. The first kappa shape index (κ1) is 14.6. The lowest BCUT2D eigenvalue weighted by molar-refractivity contribution is 0.504. The average molecular weight is 301 g/mol. The molecule has 1 nitrogen and oxygen atoms in total. The Bertz CT molecular complexity index is 654. The second-order valence-electron chi connectivity index (χ2n) is 5.67. The van der Waals surface area contributed by atoms with Crippen LogP contribution in [-0.4, -0.2) is 5.75 Å². The number of nitrogens with one attached hydrogen (secondary N) is 1. The van der Waals surface area contributed by atoms with E-state index in [1.807, 2.05) is 17.8 Å². The molecule has 0 radical (unpaired) electrons. The van der Waals surface area contributed by atoms with Gasteiger partial charge in [0.25, 0.3) is 0 Å². The Morgan fingerprint density at radius 2 is 2.00 bits per heavy atom. The molecule has 0 saturated heterocycles. The van der Waals surface area contributed by atoms with E-state index in [1.54, 1.807) is 12.1 Å². The van der Waals surface area contributed by atoms with Crippen LogP contribution in [-0.2, 0) is 6.54 Å². The Balaban J connectivity index is 1.74. The predicted octanol–water partition coefficient (Wildman–Crippen LogP) is 4.77. The van der Waals surface area contributed by atoms with E-state index in [9.17, 15) is 4.39 Å². The van der Waals surface area contributed by atoms with Crippen molar-refractivity contribution >= 4 is 11.8 Å². The second kappa shape index (κ2) is 6.20. The molecule has 1 heterocycles. The first-order valence-corrected chi connectivity index (χ1v) is 8.34. The molecule has 3 rings (SSSR count). The molecule has 0 fully saturated rings. The number of hydrogen-bond acceptors (Lipinski definition) is 2. The van der Waals surface area contributed by atoms with Crippen LogP contribution in [0.4, 0.5) is 4.39 Å². The topological polar surface area (TPSA) is 12.0 Å². The van der Waals surface area contributed by atoms with Gasteiger partial charge in [-0.1, -0.05) is 18.2 Å². The van der Waals surface area contributed by atoms with Crippen molar-refractivity contribution in [2.45, 2.75) is 37.8 Å². The van der Waals surface area contributed by atoms with E-state index in [2.05, 4.69) is 37.4 Å². The van der Waals surface area contributed by atoms with Gasteiger partial charge in [0, 0.05) is 17.5 Å². The average Bonchev–Trinajstić information content (AvgIpc) is 2.48. The van der Waals surface area contributed by atoms with Gasteiger partial charge < -0.3 is 5.32 Å². The van der Waals surface area contributed by atoms with Gasteiger partial charge in [0.2, 0.25) is 0 Å². The lowest BCUT2D eigenvalue weighted by Gasteiger charge is -2.26. The zero-order valence-corrected chi connectivity index (χ0v) is 13.3. The molecule has 2 aromatic carbocycles. The van der Waals surface area contributed by atoms with Crippen LogP contribution in [0.3, 0.4) is 0 Å². The first-order valence-electron chi connectivity index (χ1n) is 7.35. The molecule has 0 aliphatic carbocycles. The summed E-state index contributed by atoms with van der Waals surface area (Å²) in [6.07, 6.45) is 1.05. The molecule has 1 aliphatic rings. The summed E-state index contributed by atoms with van der Waals surface area (Å²) in [4.78, 5) is 1.21. The van der Waals surface area contributed by atoms with E-state index in [4.69, 9.17) is 0 Å². The minimum atomic E-state index is -0.144. The van der Waals surface area contributed by atoms with Gasteiger partial charge in [-0.2, -0.15) is 0 Å². The zero-order chi connectivity index (χ0) is 14.8. The van der Waals surface area contributed by atoms with Gasteiger partial charge in [-0.25, -0.2) is 4.39 Å². The number of rotatable bonds is 3. The number of hydrogen-bond donors (Lipinski definition) is 1. The van der Waals surface area contributed by atoms with Crippen molar-refractivity contribution in [3.05, 3.63) is 64.5 Å². The first-order chi connectivity index (χ1) is 10.1. The second-order valence-corrected chi connectivity index (χ2v) is 6.81. The van der Waals surface area contributed by atoms with E-state index in [1.165, 1.54) is 21.6 Å². The van der Waals surface area contributed by atoms with Crippen molar-refractivity contribution < 1.29 is 4.39 Å². The largest absolute Gasteiger partial charge is 0.306 e. The minimum absolute atomic E-state index is 0.144. The molecule has 2 aromatic rings. The number of fused-ring (bicyclic) bond motifs is 1. The maximum absolute atomic E-state index is 13.5. The molecule has 0 saturated carbocycles. The van der Waals surface area contributed by atoms with Crippen LogP contribution in [0.25, 0.3) is 0 Å². The monoisotopic (exact) mass is 301 g/mol. The Kier molecular flexibility index (Phi) is 4.32. The summed E-state index contributed by atoms with van der Waals surface area (Å²) in [5.74, 6) is 0.942. The van der Waals surface area contributed by atoms with Gasteiger partial charge in [0.15, 0.2) is 0 Å². The molecule has 1 aliphatic heterocycles. The van der Waals surface area contributed by atoms with Crippen LogP contribution in [0, 0.1) is 19.7 Å². The number of aryl methyl sites for hydroxylation is 2. The molecule has 1 N–H and O–H groups in total. The lowest BCUT2D eigenvalue weighted by Crippen LogP contribution is -2.24. The van der Waals surface area contributed by atoms with Crippen molar-refractivity contribution in [1.29, 1.82) is 0 Å². The van der Waals surface area contributed by atoms with E-state index in [0.29, 0.717) is 0 Å². The summed E-state index contributed by atoms with van der Waals surface area (Å²) in [6, 6.07) is 11.9. The maximum Gasteiger partial charge on any atom is 0.123 e. The van der Waals surface area contributed by atoms with Crippen LogP contribution in [0.1, 0.15) is 34.7 Å². The van der Waals surface area contributed by atoms with E-state index >= 15 is 0 Å². The van der Waals surface area contributed by atoms with E-state index in [-0.39, 0.29) is 11.9 Å². The molecular formula is C18H20FNS. The summed E-state index contributed by atoms with van der Waals surface area (Å²) >= 11 is 1.82. The Morgan fingerprint density at radius 3 is 2.81 bits per heavy atom. The third-order valence-electron chi connectivity index (χ3n) is 4.14. The van der Waals surface area contributed by atoms with Gasteiger partial charge >= 0.3 is 0 Å². The molecule has 0 bridgehead atoms. The van der Waals surface area contributed by atoms with Crippen molar-refractivity contribution in [1.82, 2.24) is 5.32 Å². The van der Waals surface area contributed by atoms with Gasteiger partial charge in [-0.15, -0.1) is 11.8 Å². The van der Waals surface area contributed by atoms with Crippen molar-refractivity contribution in [2.24, 2.45) is 0 Å². The van der Waals surface area contributed by atoms with Crippen LogP contribution < -0.4 is 5.32 Å². The number of benzene rings is 2. The molecule has 110 valence electrons. The summed E-state index contributed by atoms with van der Waals surface area (Å²) in [5.41, 5.74) is 5.03. The van der Waals surface area contributed by atoms with Crippen LogP contribution in [0.5, 0.6) is 0 Å². The molecule has 1 unspecified atom stereocenters. The van der Waals surface area contributed by atoms with Gasteiger partial charge in [-0.3, -0.25) is 0 Å². The predicted molar refractivity (Wildman–Crippen MR) is 87.2 cm³/mol. The highest BCUT2D eigenvalue weighted by atomic mass is 32.2. The lowest BCUT2D eigenvalue weighted by atomic mass is 10.0. The normalized spacial score (nSPS) is 17.6. The fourth-order valence-electron chi connectivity index (χ4n) is 2.73. The molecule has 1 atom stereocenters. The third kappa shape index (κ3) is 3.30. The van der Waals surface area contributed by atoms with E-state index < -0.39 is 0 Å². The van der Waals surface area contributed by atoms with Crippen LogP contribution in [0.15, 0.2) is 41.3 Å². The molecule has 0 aromatic heterocycles. The summed E-state index contributed by atoms with van der Waals surface area (Å²) in [5, 5.41) is 3.59. The van der Waals surface area contributed by atoms with Crippen molar-refractivity contribution in [3.8, 4) is 0 Å². The Morgan fingerprint density at radius 1 is 1.14 bits per heavy atom. The van der Waals surface area contributed by atoms with Crippen LogP contribution >= 0.6 is 11.8 Å². The standard InChI is InChI=1S/C18H20FNS/c1-12-3-4-14(9-13(12)2)11-20-17-7-8-21-18-6-5-15(19)10-16(17)18/h3-6,9-10,17,20H,7-8,11H2,1-2H3. The van der Waals surface area contributed by atoms with Gasteiger partial charge in [0.1, 0.15) is 5.82 Å². The molecular weight excluding hydrogens is 281 g/mol. The summed E-state index contributed by atoms with van der Waals surface area (Å²) in [6.45, 7) is 5.09. The van der Waals surface area contributed by atoms with Gasteiger partial charge in [-0.05, 0) is 66.5 Å². The smallest absolute Gasteiger partial charge is 0.123 e. The van der Waals surface area contributed by atoms with E-state index in [0.717, 1.165) is 24.3 Å². The summed E-state index contributed by atoms with van der Waals surface area (Å²) in [7, 11) is 0. The molecule has 0 amide bonds. The minimum Gasteiger partial charge on any atom is -0.306 e. The Hall–Kier alpha value is -1.32. The third-order valence-corrected chi connectivity index (χ3v) is 5.26. The number of halogens is 1. The molecule has 3 heteroatoms. The molecule has 21 heavy (non-hydrogen) atoms. The molecule has 0 spiro atoms. The fraction of sp³-hybridized carbons (Fsp3) is 0.333. The zero-order valence-electron chi connectivity index (χ0n) is 12.4. The highest BCUT2D eigenvalue weighted by Gasteiger charge is 2.20. The number of thioether (sulfide) groups is 1. The quantitative estimate of drug-likeness (QED) is 0.876. The highest BCUT2D eigenvalue weighted by Crippen LogP contribution is 2.36. The maximum atomic E-state index is 13.5.